The van der Waals surface area contributed by atoms with Crippen LogP contribution in [0.1, 0.15) is 17.2 Å². The number of aromatic nitrogens is 1. The number of hydrogen-bond donors (Lipinski definition) is 1. The van der Waals surface area contributed by atoms with Gasteiger partial charge in [0.2, 0.25) is 0 Å². The van der Waals surface area contributed by atoms with Gasteiger partial charge in [-0.25, -0.2) is 0 Å². The van der Waals surface area contributed by atoms with E-state index in [2.05, 4.69) is 10.3 Å². The molecule has 0 aliphatic rings. The molecule has 3 nitrogen and oxygen atoms in total. The van der Waals surface area contributed by atoms with Gasteiger partial charge in [0.25, 0.3) is 0 Å². The largest absolute Gasteiger partial charge is 0.453 e. The van der Waals surface area contributed by atoms with E-state index in [9.17, 15) is 0 Å². The number of nitrogens with one attached hydrogen (secondary N) is 1. The maximum atomic E-state index is 5.96. The fourth-order valence-electron chi connectivity index (χ4n) is 1.68. The van der Waals surface area contributed by atoms with Crippen molar-refractivity contribution in [2.24, 2.45) is 0 Å². The topological polar surface area (TPSA) is 38.1 Å². The Hall–Kier alpha value is -1.32. The second-order valence-electron chi connectivity index (χ2n) is 3.56. The molecule has 0 spiro atoms. The third-order valence-electron chi connectivity index (χ3n) is 2.53. The lowest BCUT2D eigenvalue weighted by Gasteiger charge is -2.14. The van der Waals surface area contributed by atoms with Crippen LogP contribution in [0.5, 0.6) is 0 Å². The molecule has 4 heteroatoms. The highest BCUT2D eigenvalue weighted by molar-refractivity contribution is 6.29. The lowest BCUT2D eigenvalue weighted by molar-refractivity contribution is 0.544. The van der Waals surface area contributed by atoms with Gasteiger partial charge < -0.3 is 9.73 Å². The normalized spacial score (nSPS) is 12.6. The lowest BCUT2D eigenvalue weighted by Crippen LogP contribution is -2.18. The van der Waals surface area contributed by atoms with E-state index in [4.69, 9.17) is 16.0 Å². The summed E-state index contributed by atoms with van der Waals surface area (Å²) in [7, 11) is 1.91. The van der Waals surface area contributed by atoms with Crippen LogP contribution in [0.25, 0.3) is 0 Å². The highest BCUT2D eigenvalue weighted by Crippen LogP contribution is 2.26. The molecule has 0 fully saturated rings. The zero-order valence-corrected chi connectivity index (χ0v) is 9.74. The summed E-state index contributed by atoms with van der Waals surface area (Å²) in [5, 5.41) is 3.67. The Morgan fingerprint density at radius 1 is 1.50 bits per heavy atom. The van der Waals surface area contributed by atoms with Crippen LogP contribution >= 0.6 is 11.6 Å². The molecule has 16 heavy (non-hydrogen) atoms. The average molecular weight is 237 g/mol. The van der Waals surface area contributed by atoms with Gasteiger partial charge in [0, 0.05) is 24.0 Å². The van der Waals surface area contributed by atoms with Crippen LogP contribution in [0.4, 0.5) is 0 Å². The van der Waals surface area contributed by atoms with Crippen LogP contribution in [0.3, 0.4) is 0 Å². The van der Waals surface area contributed by atoms with E-state index >= 15 is 0 Å². The Labute approximate surface area is 99.5 Å². The quantitative estimate of drug-likeness (QED) is 0.887. The Morgan fingerprint density at radius 3 is 2.94 bits per heavy atom. The molecule has 0 bridgehead atoms. The molecule has 0 radical (unpaired) electrons. The van der Waals surface area contributed by atoms with Crippen LogP contribution in [-0.4, -0.2) is 12.0 Å². The van der Waals surface area contributed by atoms with Crippen molar-refractivity contribution < 1.29 is 4.42 Å². The van der Waals surface area contributed by atoms with Crippen molar-refractivity contribution in [3.05, 3.63) is 53.2 Å². The summed E-state index contributed by atoms with van der Waals surface area (Å²) in [5.74, 6) is 0. The molecule has 2 aromatic heterocycles. The van der Waals surface area contributed by atoms with Crippen LogP contribution in [0, 0.1) is 0 Å². The molecule has 0 aromatic carbocycles. The van der Waals surface area contributed by atoms with E-state index < -0.39 is 0 Å². The molecule has 0 saturated heterocycles. The molecule has 0 aliphatic carbocycles. The van der Waals surface area contributed by atoms with Crippen molar-refractivity contribution in [1.29, 1.82) is 0 Å². The molecule has 0 aliphatic heterocycles. The first-order valence-corrected chi connectivity index (χ1v) is 5.48. The van der Waals surface area contributed by atoms with E-state index in [-0.39, 0.29) is 6.04 Å². The summed E-state index contributed by atoms with van der Waals surface area (Å²) in [6, 6.07) is 6.01. The van der Waals surface area contributed by atoms with Gasteiger partial charge in [-0.15, -0.1) is 0 Å². The minimum Gasteiger partial charge on any atom is -0.453 e. The fraction of sp³-hybridized carbons (Fsp3) is 0.250. The number of nitrogens with zero attached hydrogens (tertiary/aromatic N) is 1. The second-order valence-corrected chi connectivity index (χ2v) is 3.90. The van der Waals surface area contributed by atoms with Crippen molar-refractivity contribution in [3.63, 3.8) is 0 Å². The highest BCUT2D eigenvalue weighted by atomic mass is 35.5. The number of furan rings is 1. The zero-order chi connectivity index (χ0) is 11.4. The number of pyridine rings is 1. The average Bonchev–Trinajstić information content (AvgIpc) is 2.74. The molecule has 0 saturated carbocycles. The SMILES string of the molecule is CNC(Cc1cccnc1)c1ccoc1Cl. The maximum absolute atomic E-state index is 5.96. The molecule has 1 N–H and O–H groups in total. The predicted molar refractivity (Wildman–Crippen MR) is 63.5 cm³/mol. The van der Waals surface area contributed by atoms with Crippen LogP contribution in [-0.2, 0) is 6.42 Å². The lowest BCUT2D eigenvalue weighted by atomic mass is 10.0. The molecule has 2 rings (SSSR count). The fourth-order valence-corrected chi connectivity index (χ4v) is 1.92. The van der Waals surface area contributed by atoms with Gasteiger partial charge in [-0.05, 0) is 42.8 Å². The Morgan fingerprint density at radius 2 is 2.38 bits per heavy atom. The standard InChI is InChI=1S/C12H13ClN2O/c1-14-11(10-4-6-16-12(10)13)7-9-3-2-5-15-8-9/h2-6,8,11,14H,7H2,1H3. The van der Waals surface area contributed by atoms with Crippen molar-refractivity contribution in [2.45, 2.75) is 12.5 Å². The summed E-state index contributed by atoms with van der Waals surface area (Å²) in [5.41, 5.74) is 2.15. The molecule has 1 unspecified atom stereocenters. The van der Waals surface area contributed by atoms with Crippen LogP contribution < -0.4 is 5.32 Å². The van der Waals surface area contributed by atoms with Crippen molar-refractivity contribution in [1.82, 2.24) is 10.3 Å². The monoisotopic (exact) mass is 236 g/mol. The van der Waals surface area contributed by atoms with Gasteiger partial charge in [0.1, 0.15) is 0 Å². The molecule has 2 heterocycles. The molecule has 1 atom stereocenters. The minimum absolute atomic E-state index is 0.149. The van der Waals surface area contributed by atoms with Crippen LogP contribution in [0.15, 0.2) is 41.3 Å². The highest BCUT2D eigenvalue weighted by Gasteiger charge is 2.15. The van der Waals surface area contributed by atoms with Gasteiger partial charge in [0.15, 0.2) is 5.22 Å². The Balaban J connectivity index is 2.16. The van der Waals surface area contributed by atoms with Gasteiger partial charge in [-0.2, -0.15) is 0 Å². The summed E-state index contributed by atoms with van der Waals surface area (Å²) in [6.07, 6.45) is 6.07. The van der Waals surface area contributed by atoms with Gasteiger partial charge in [-0.3, -0.25) is 4.98 Å². The van der Waals surface area contributed by atoms with Crippen LogP contribution in [0.2, 0.25) is 5.22 Å². The number of rotatable bonds is 4. The maximum Gasteiger partial charge on any atom is 0.197 e. The first-order valence-electron chi connectivity index (χ1n) is 5.10. The van der Waals surface area contributed by atoms with E-state index in [1.165, 1.54) is 5.56 Å². The first kappa shape index (κ1) is 11.2. The summed E-state index contributed by atoms with van der Waals surface area (Å²) in [4.78, 5) is 4.09. The molecular formula is C12H13ClN2O. The van der Waals surface area contributed by atoms with E-state index in [0.29, 0.717) is 5.22 Å². The number of likely N-dealkylation sites (N-methyl/N-ethyl adjacent to an activating group) is 1. The predicted octanol–water partition coefficient (Wildman–Crippen LogP) is 2.83. The third kappa shape index (κ3) is 2.43. The van der Waals surface area contributed by atoms with E-state index in [1.807, 2.05) is 31.4 Å². The Bertz CT molecular complexity index is 441. The molecule has 0 amide bonds. The van der Waals surface area contributed by atoms with Gasteiger partial charge in [0.05, 0.1) is 6.26 Å². The number of hydrogen-bond acceptors (Lipinski definition) is 3. The summed E-state index contributed by atoms with van der Waals surface area (Å²) < 4.78 is 5.09. The first-order chi connectivity index (χ1) is 7.81. The van der Waals surface area contributed by atoms with Crippen molar-refractivity contribution in [2.75, 3.05) is 7.05 Å². The van der Waals surface area contributed by atoms with E-state index in [1.54, 1.807) is 12.5 Å². The summed E-state index contributed by atoms with van der Waals surface area (Å²) >= 11 is 5.96. The van der Waals surface area contributed by atoms with Crippen molar-refractivity contribution >= 4 is 11.6 Å². The zero-order valence-electron chi connectivity index (χ0n) is 8.98. The molecular weight excluding hydrogens is 224 g/mol. The number of halogens is 1. The molecule has 84 valence electrons. The van der Waals surface area contributed by atoms with Gasteiger partial charge >= 0.3 is 0 Å². The Kier molecular flexibility index (Phi) is 3.59. The smallest absolute Gasteiger partial charge is 0.197 e. The van der Waals surface area contributed by atoms with E-state index in [0.717, 1.165) is 12.0 Å². The summed E-state index contributed by atoms with van der Waals surface area (Å²) in [6.45, 7) is 0. The second kappa shape index (κ2) is 5.14. The van der Waals surface area contributed by atoms with Crippen molar-refractivity contribution in [3.8, 4) is 0 Å². The third-order valence-corrected chi connectivity index (χ3v) is 2.84. The minimum atomic E-state index is 0.149. The molecule has 2 aromatic rings. The van der Waals surface area contributed by atoms with Gasteiger partial charge in [-0.1, -0.05) is 6.07 Å².